The van der Waals surface area contributed by atoms with Gasteiger partial charge in [0, 0.05) is 13.1 Å². The third-order valence-electron chi connectivity index (χ3n) is 2.51. The highest BCUT2D eigenvalue weighted by molar-refractivity contribution is 7.91. The maximum Gasteiger partial charge on any atom is 0.205 e. The van der Waals surface area contributed by atoms with E-state index in [4.69, 9.17) is 5.84 Å². The summed E-state index contributed by atoms with van der Waals surface area (Å²) in [5.74, 6) is 6.50. The summed E-state index contributed by atoms with van der Waals surface area (Å²) < 4.78 is 22.4. The van der Waals surface area contributed by atoms with Gasteiger partial charge in [-0.15, -0.1) is 0 Å². The molecule has 0 spiro atoms. The number of nitrogens with one attached hydrogen (secondary N) is 2. The fraction of sp³-hybridized carbons (Fsp3) is 0.889. The van der Waals surface area contributed by atoms with Gasteiger partial charge in [0.2, 0.25) is 5.96 Å². The van der Waals surface area contributed by atoms with Crippen LogP contribution in [0, 0.1) is 5.92 Å². The van der Waals surface area contributed by atoms with Crippen molar-refractivity contribution in [3.05, 3.63) is 0 Å². The van der Waals surface area contributed by atoms with Gasteiger partial charge in [0.05, 0.1) is 11.5 Å². The second-order valence-electron chi connectivity index (χ2n) is 4.03. The lowest BCUT2D eigenvalue weighted by Crippen LogP contribution is -2.42. The number of hydrogen-bond donors (Lipinski definition) is 3. The summed E-state index contributed by atoms with van der Waals surface area (Å²) in [6.07, 6.45) is 1.69. The molecule has 1 aliphatic heterocycles. The summed E-state index contributed by atoms with van der Waals surface area (Å²) in [5, 5.41) is 3.03. The Morgan fingerprint density at radius 3 is 2.81 bits per heavy atom. The smallest absolute Gasteiger partial charge is 0.205 e. The molecule has 1 heterocycles. The maximum atomic E-state index is 11.2. The molecule has 7 heteroatoms. The van der Waals surface area contributed by atoms with E-state index in [9.17, 15) is 8.42 Å². The Bertz CT molecular complexity index is 339. The molecule has 1 unspecified atom stereocenters. The lowest BCUT2D eigenvalue weighted by molar-refractivity contribution is 0.589. The molecule has 16 heavy (non-hydrogen) atoms. The molecule has 0 saturated carbocycles. The fourth-order valence-corrected chi connectivity index (χ4v) is 3.48. The Hall–Kier alpha value is -0.820. The molecule has 1 aliphatic rings. The number of hydrogen-bond acceptors (Lipinski definition) is 4. The van der Waals surface area contributed by atoms with Crippen molar-refractivity contribution in [1.82, 2.24) is 10.7 Å². The van der Waals surface area contributed by atoms with Crippen LogP contribution in [0.5, 0.6) is 0 Å². The monoisotopic (exact) mass is 248 g/mol. The Balaban J connectivity index is 2.39. The first-order valence-electron chi connectivity index (χ1n) is 5.52. The van der Waals surface area contributed by atoms with Crippen molar-refractivity contribution < 1.29 is 8.42 Å². The first-order chi connectivity index (χ1) is 7.57. The molecule has 0 aliphatic carbocycles. The van der Waals surface area contributed by atoms with Crippen LogP contribution in [0.25, 0.3) is 0 Å². The van der Waals surface area contributed by atoms with E-state index in [1.165, 1.54) is 0 Å². The lowest BCUT2D eigenvalue weighted by atomic mass is 10.1. The van der Waals surface area contributed by atoms with Gasteiger partial charge in [0.15, 0.2) is 9.84 Å². The first-order valence-corrected chi connectivity index (χ1v) is 7.35. The van der Waals surface area contributed by atoms with Crippen LogP contribution in [0.4, 0.5) is 0 Å². The molecule has 0 amide bonds. The van der Waals surface area contributed by atoms with E-state index in [-0.39, 0.29) is 11.7 Å². The van der Waals surface area contributed by atoms with Crippen LogP contribution < -0.4 is 16.6 Å². The van der Waals surface area contributed by atoms with Gasteiger partial charge in [-0.3, -0.25) is 10.4 Å². The highest BCUT2D eigenvalue weighted by Crippen LogP contribution is 2.18. The number of nitrogens with two attached hydrogens (primary N) is 1. The first kappa shape index (κ1) is 13.2. The van der Waals surface area contributed by atoms with Gasteiger partial charge < -0.3 is 5.32 Å². The number of sulfone groups is 1. The third-order valence-corrected chi connectivity index (χ3v) is 4.35. The molecule has 0 radical (unpaired) electrons. The van der Waals surface area contributed by atoms with Gasteiger partial charge >= 0.3 is 0 Å². The van der Waals surface area contributed by atoms with Gasteiger partial charge in [-0.1, -0.05) is 6.92 Å². The second-order valence-corrected chi connectivity index (χ2v) is 6.26. The van der Waals surface area contributed by atoms with Gasteiger partial charge in [-0.05, 0) is 18.8 Å². The molecule has 1 atom stereocenters. The third kappa shape index (κ3) is 4.36. The van der Waals surface area contributed by atoms with Crippen molar-refractivity contribution in [3.63, 3.8) is 0 Å². The van der Waals surface area contributed by atoms with Crippen molar-refractivity contribution in [1.29, 1.82) is 0 Å². The fourth-order valence-electron chi connectivity index (χ4n) is 1.63. The maximum absolute atomic E-state index is 11.2. The van der Waals surface area contributed by atoms with Crippen LogP contribution >= 0.6 is 0 Å². The van der Waals surface area contributed by atoms with Crippen LogP contribution in [-0.4, -0.2) is 39.0 Å². The van der Waals surface area contributed by atoms with E-state index in [0.717, 1.165) is 13.0 Å². The topological polar surface area (TPSA) is 96.6 Å². The average molecular weight is 248 g/mol. The van der Waals surface area contributed by atoms with Crippen molar-refractivity contribution in [2.45, 2.75) is 19.8 Å². The summed E-state index contributed by atoms with van der Waals surface area (Å²) in [4.78, 5) is 4.23. The van der Waals surface area contributed by atoms with E-state index >= 15 is 0 Å². The van der Waals surface area contributed by atoms with Gasteiger partial charge in [-0.25, -0.2) is 14.3 Å². The van der Waals surface area contributed by atoms with Crippen LogP contribution in [0.3, 0.4) is 0 Å². The van der Waals surface area contributed by atoms with Crippen LogP contribution in [-0.2, 0) is 9.84 Å². The molecule has 94 valence electrons. The van der Waals surface area contributed by atoms with E-state index < -0.39 is 9.84 Å². The Morgan fingerprint density at radius 2 is 2.31 bits per heavy atom. The number of hydrazine groups is 1. The zero-order chi connectivity index (χ0) is 12.0. The molecule has 1 saturated heterocycles. The number of aliphatic imine (C=N–C) groups is 1. The molecule has 1 fully saturated rings. The minimum atomic E-state index is -2.81. The minimum absolute atomic E-state index is 0.136. The van der Waals surface area contributed by atoms with Crippen molar-refractivity contribution >= 4 is 15.8 Å². The van der Waals surface area contributed by atoms with E-state index in [2.05, 4.69) is 15.7 Å². The minimum Gasteiger partial charge on any atom is -0.355 e. The van der Waals surface area contributed by atoms with Gasteiger partial charge in [-0.2, -0.15) is 0 Å². The molecule has 1 rings (SSSR count). The normalized spacial score (nSPS) is 24.4. The molecule has 0 aromatic carbocycles. The quantitative estimate of drug-likeness (QED) is 0.263. The highest BCUT2D eigenvalue weighted by atomic mass is 32.2. The Kier molecular flexibility index (Phi) is 5.01. The molecular formula is C9H20N4O2S. The van der Waals surface area contributed by atoms with Crippen molar-refractivity contribution in [2.75, 3.05) is 24.6 Å². The number of nitrogens with zero attached hydrogens (tertiary/aromatic N) is 1. The molecule has 0 bridgehead atoms. The van der Waals surface area contributed by atoms with E-state index in [0.29, 0.717) is 24.7 Å². The molecular weight excluding hydrogens is 228 g/mol. The summed E-state index contributed by atoms with van der Waals surface area (Å²) in [6, 6.07) is 0. The largest absolute Gasteiger partial charge is 0.355 e. The summed E-state index contributed by atoms with van der Waals surface area (Å²) >= 11 is 0. The number of guanidine groups is 1. The summed E-state index contributed by atoms with van der Waals surface area (Å²) in [5.41, 5.74) is 2.47. The van der Waals surface area contributed by atoms with Crippen molar-refractivity contribution in [2.24, 2.45) is 16.8 Å². The SMILES string of the molecule is CCCNC(=NCC1CCS(=O)(=O)C1)NN. The Labute approximate surface area is 96.6 Å². The molecule has 0 aromatic rings. The highest BCUT2D eigenvalue weighted by Gasteiger charge is 2.27. The Morgan fingerprint density at radius 1 is 1.56 bits per heavy atom. The van der Waals surface area contributed by atoms with E-state index in [1.807, 2.05) is 6.92 Å². The van der Waals surface area contributed by atoms with Gasteiger partial charge in [0.25, 0.3) is 0 Å². The van der Waals surface area contributed by atoms with Crippen molar-refractivity contribution in [3.8, 4) is 0 Å². The number of rotatable bonds is 4. The predicted molar refractivity (Wildman–Crippen MR) is 64.7 cm³/mol. The standard InChI is InChI=1S/C9H20N4O2S/c1-2-4-11-9(13-10)12-6-8-3-5-16(14,15)7-8/h8H,2-7,10H2,1H3,(H2,11,12,13). The van der Waals surface area contributed by atoms with Gasteiger partial charge in [0.1, 0.15) is 0 Å². The second kappa shape index (κ2) is 6.05. The zero-order valence-corrected chi connectivity index (χ0v) is 10.4. The lowest BCUT2D eigenvalue weighted by Gasteiger charge is -2.09. The molecule has 0 aromatic heterocycles. The van der Waals surface area contributed by atoms with E-state index in [1.54, 1.807) is 0 Å². The average Bonchev–Trinajstić information content (AvgIpc) is 2.59. The van der Waals surface area contributed by atoms with Crippen LogP contribution in [0.1, 0.15) is 19.8 Å². The summed E-state index contributed by atoms with van der Waals surface area (Å²) in [6.45, 7) is 3.35. The summed E-state index contributed by atoms with van der Waals surface area (Å²) in [7, 11) is -2.81. The predicted octanol–water partition coefficient (Wildman–Crippen LogP) is -0.760. The molecule has 4 N–H and O–H groups in total. The zero-order valence-electron chi connectivity index (χ0n) is 9.57. The van der Waals surface area contributed by atoms with Crippen LogP contribution in [0.2, 0.25) is 0 Å². The van der Waals surface area contributed by atoms with Crippen LogP contribution in [0.15, 0.2) is 4.99 Å². The molecule has 6 nitrogen and oxygen atoms in total.